The fraction of sp³-hybridized carbons (Fsp3) is 0.0370. The zero-order valence-electron chi connectivity index (χ0n) is 19.1. The number of amides is 2. The Labute approximate surface area is 224 Å². The van der Waals surface area contributed by atoms with Gasteiger partial charge in [-0.2, -0.15) is 0 Å². The molecule has 2 amide bonds. The van der Waals surface area contributed by atoms with Gasteiger partial charge in [0, 0.05) is 32.8 Å². The van der Waals surface area contributed by atoms with Crippen LogP contribution in [0.4, 0.5) is 21.5 Å². The molecule has 0 aliphatic carbocycles. The van der Waals surface area contributed by atoms with Crippen molar-refractivity contribution in [1.29, 1.82) is 0 Å². The Balaban J connectivity index is 1.55. The average Bonchev–Trinajstić information content (AvgIpc) is 2.89. The van der Waals surface area contributed by atoms with Crippen LogP contribution in [0.25, 0.3) is 0 Å². The number of carbonyl (C=O) groups is 2. The van der Waals surface area contributed by atoms with Gasteiger partial charge in [0.25, 0.3) is 11.6 Å². The highest BCUT2D eigenvalue weighted by Gasteiger charge is 2.23. The highest BCUT2D eigenvalue weighted by atomic mass is 79.9. The molecule has 1 unspecified atom stereocenters. The molecule has 0 radical (unpaired) electrons. The molecule has 0 saturated carbocycles. The molecule has 0 bridgehead atoms. The summed E-state index contributed by atoms with van der Waals surface area (Å²) in [6.07, 6.45) is 0. The summed E-state index contributed by atoms with van der Waals surface area (Å²) in [4.78, 5) is 37.1. The van der Waals surface area contributed by atoms with E-state index in [1.54, 1.807) is 30.3 Å². The summed E-state index contributed by atoms with van der Waals surface area (Å²) >= 11 is 4.44. The summed E-state index contributed by atoms with van der Waals surface area (Å²) in [5.74, 6) is -1.48. The summed E-state index contributed by atoms with van der Waals surface area (Å²) < 4.78 is 14.9. The van der Waals surface area contributed by atoms with Gasteiger partial charge in [-0.3, -0.25) is 19.7 Å². The lowest BCUT2D eigenvalue weighted by Crippen LogP contribution is -2.19. The van der Waals surface area contributed by atoms with Crippen LogP contribution in [0, 0.1) is 15.9 Å². The molecule has 4 aromatic carbocycles. The van der Waals surface area contributed by atoms with E-state index < -0.39 is 27.8 Å². The summed E-state index contributed by atoms with van der Waals surface area (Å²) in [6, 6.07) is 25.8. The molecule has 0 aromatic heterocycles. The van der Waals surface area contributed by atoms with E-state index in [1.165, 1.54) is 48.2 Å². The van der Waals surface area contributed by atoms with Crippen molar-refractivity contribution in [1.82, 2.24) is 0 Å². The average molecular weight is 580 g/mol. The molecular formula is C27H19BrFN3O4S. The van der Waals surface area contributed by atoms with Crippen LogP contribution in [0.1, 0.15) is 21.2 Å². The number of nitro benzene ring substituents is 1. The number of nitrogens with zero attached hydrogens (tertiary/aromatic N) is 1. The molecule has 0 aliphatic rings. The van der Waals surface area contributed by atoms with Crippen molar-refractivity contribution in [2.75, 3.05) is 10.6 Å². The van der Waals surface area contributed by atoms with E-state index in [9.17, 15) is 24.1 Å². The van der Waals surface area contributed by atoms with E-state index >= 15 is 0 Å². The topological polar surface area (TPSA) is 101 Å². The van der Waals surface area contributed by atoms with Gasteiger partial charge in [-0.05, 0) is 48.0 Å². The molecule has 186 valence electrons. The number of carbonyl (C=O) groups excluding carboxylic acids is 2. The Kier molecular flexibility index (Phi) is 8.32. The predicted molar refractivity (Wildman–Crippen MR) is 145 cm³/mol. The third-order valence-electron chi connectivity index (χ3n) is 5.19. The normalized spacial score (nSPS) is 11.4. The number of non-ortho nitro benzene ring substituents is 1. The molecule has 2 N–H and O–H groups in total. The number of anilines is 2. The van der Waals surface area contributed by atoms with Crippen LogP contribution in [0.5, 0.6) is 0 Å². The van der Waals surface area contributed by atoms with E-state index in [-0.39, 0.29) is 16.9 Å². The van der Waals surface area contributed by atoms with Crippen LogP contribution < -0.4 is 10.6 Å². The number of hydrogen-bond donors (Lipinski definition) is 2. The first-order valence-corrected chi connectivity index (χ1v) is 12.6. The van der Waals surface area contributed by atoms with Crippen molar-refractivity contribution < 1.29 is 18.9 Å². The number of halogens is 2. The Morgan fingerprint density at radius 3 is 2.38 bits per heavy atom. The van der Waals surface area contributed by atoms with E-state index in [4.69, 9.17) is 0 Å². The monoisotopic (exact) mass is 579 g/mol. The van der Waals surface area contributed by atoms with E-state index in [0.717, 1.165) is 0 Å². The number of hydrogen-bond acceptors (Lipinski definition) is 5. The third kappa shape index (κ3) is 6.81. The predicted octanol–water partition coefficient (Wildman–Crippen LogP) is 7.22. The van der Waals surface area contributed by atoms with Gasteiger partial charge in [-0.1, -0.05) is 58.4 Å². The van der Waals surface area contributed by atoms with E-state index in [0.29, 0.717) is 20.6 Å². The lowest BCUT2D eigenvalue weighted by molar-refractivity contribution is -0.384. The summed E-state index contributed by atoms with van der Waals surface area (Å²) in [6.45, 7) is 0. The molecule has 0 spiro atoms. The van der Waals surface area contributed by atoms with Crippen molar-refractivity contribution in [2.45, 2.75) is 10.1 Å². The second-order valence-corrected chi connectivity index (χ2v) is 9.91. The first kappa shape index (κ1) is 26.1. The fourth-order valence-corrected chi connectivity index (χ4v) is 4.85. The molecule has 7 nitrogen and oxygen atoms in total. The van der Waals surface area contributed by atoms with Gasteiger partial charge < -0.3 is 10.6 Å². The Bertz CT molecular complexity index is 1470. The second kappa shape index (κ2) is 11.8. The Hall–Kier alpha value is -4.02. The number of rotatable bonds is 8. The van der Waals surface area contributed by atoms with Crippen molar-refractivity contribution in [3.05, 3.63) is 129 Å². The minimum absolute atomic E-state index is 0.0627. The van der Waals surface area contributed by atoms with Crippen LogP contribution >= 0.6 is 27.7 Å². The number of nitro groups is 1. The molecule has 0 fully saturated rings. The lowest BCUT2D eigenvalue weighted by atomic mass is 10.1. The van der Waals surface area contributed by atoms with Crippen molar-refractivity contribution >= 4 is 56.6 Å². The first-order valence-electron chi connectivity index (χ1n) is 10.9. The molecule has 4 rings (SSSR count). The van der Waals surface area contributed by atoms with Gasteiger partial charge in [-0.25, -0.2) is 4.39 Å². The molecule has 1 atom stereocenters. The van der Waals surface area contributed by atoms with Crippen LogP contribution in [-0.2, 0) is 4.79 Å². The summed E-state index contributed by atoms with van der Waals surface area (Å²) in [7, 11) is 0. The maximum absolute atomic E-state index is 14.4. The number of benzene rings is 4. The molecule has 0 heterocycles. The quantitative estimate of drug-likeness (QED) is 0.130. The number of nitrogens with one attached hydrogen (secondary N) is 2. The van der Waals surface area contributed by atoms with Crippen LogP contribution in [-0.4, -0.2) is 16.7 Å². The Morgan fingerprint density at radius 2 is 1.65 bits per heavy atom. The lowest BCUT2D eigenvalue weighted by Gasteiger charge is -2.18. The van der Waals surface area contributed by atoms with Crippen molar-refractivity contribution in [3.63, 3.8) is 0 Å². The van der Waals surface area contributed by atoms with Gasteiger partial charge in [-0.15, -0.1) is 11.8 Å². The minimum Gasteiger partial charge on any atom is -0.322 e. The highest BCUT2D eigenvalue weighted by Crippen LogP contribution is 2.37. The van der Waals surface area contributed by atoms with Crippen molar-refractivity contribution in [2.24, 2.45) is 0 Å². The van der Waals surface area contributed by atoms with Crippen LogP contribution in [0.3, 0.4) is 0 Å². The van der Waals surface area contributed by atoms with Crippen molar-refractivity contribution in [3.8, 4) is 0 Å². The minimum atomic E-state index is -0.716. The maximum Gasteiger partial charge on any atom is 0.270 e. The van der Waals surface area contributed by atoms with Gasteiger partial charge in [0.1, 0.15) is 11.1 Å². The third-order valence-corrected chi connectivity index (χ3v) is 6.94. The smallest absolute Gasteiger partial charge is 0.270 e. The standard InChI is InChI=1S/C27H19BrFN3O4S/c28-19-12-13-24(23(29)15-19)31-27(34)25(17-6-2-1-3-7-17)37-22-11-5-9-20(16-22)30-26(33)18-8-4-10-21(14-18)32(35)36/h1-16,25H,(H,30,33)(H,31,34). The summed E-state index contributed by atoms with van der Waals surface area (Å²) in [5.41, 5.74) is 1.19. The van der Waals surface area contributed by atoms with Crippen LogP contribution in [0.2, 0.25) is 0 Å². The first-order chi connectivity index (χ1) is 17.8. The van der Waals surface area contributed by atoms with Gasteiger partial charge in [0.15, 0.2) is 0 Å². The van der Waals surface area contributed by atoms with Gasteiger partial charge >= 0.3 is 0 Å². The maximum atomic E-state index is 14.4. The number of thioether (sulfide) groups is 1. The fourth-order valence-electron chi connectivity index (χ4n) is 3.44. The molecule has 0 saturated heterocycles. The largest absolute Gasteiger partial charge is 0.322 e. The Morgan fingerprint density at radius 1 is 0.892 bits per heavy atom. The van der Waals surface area contributed by atoms with E-state index in [1.807, 2.05) is 30.3 Å². The molecule has 0 aliphatic heterocycles. The van der Waals surface area contributed by atoms with Gasteiger partial charge in [0.2, 0.25) is 5.91 Å². The van der Waals surface area contributed by atoms with E-state index in [2.05, 4.69) is 26.6 Å². The summed E-state index contributed by atoms with van der Waals surface area (Å²) in [5, 5.41) is 15.7. The molecule has 37 heavy (non-hydrogen) atoms. The molecule has 4 aromatic rings. The second-order valence-electron chi connectivity index (χ2n) is 7.81. The zero-order valence-corrected chi connectivity index (χ0v) is 21.5. The zero-order chi connectivity index (χ0) is 26.4. The SMILES string of the molecule is O=C(Nc1cccc(SC(C(=O)Nc2ccc(Br)cc2F)c2ccccc2)c1)c1cccc([N+](=O)[O-])c1. The molecular weight excluding hydrogens is 561 g/mol. The highest BCUT2D eigenvalue weighted by molar-refractivity contribution is 9.10. The van der Waals surface area contributed by atoms with Crippen LogP contribution in [0.15, 0.2) is 106 Å². The molecule has 10 heteroatoms. The van der Waals surface area contributed by atoms with Gasteiger partial charge in [0.05, 0.1) is 10.6 Å².